The van der Waals surface area contributed by atoms with Crippen LogP contribution in [0.15, 0.2) is 24.3 Å². The van der Waals surface area contributed by atoms with E-state index in [0.717, 1.165) is 67.6 Å². The molecule has 3 aliphatic heterocycles. The summed E-state index contributed by atoms with van der Waals surface area (Å²) in [6.07, 6.45) is -0.897. The second-order valence-corrected chi connectivity index (χ2v) is 12.2. The minimum absolute atomic E-state index is 0.0696. The number of amides is 1. The maximum absolute atomic E-state index is 13.5. The van der Waals surface area contributed by atoms with Gasteiger partial charge in [-0.25, -0.2) is 14.8 Å². The molecular formula is C29H35F3N8O6S. The molecule has 6 rings (SSSR count). The standard InChI is InChI=1S/C27H34N8O4S.C2HF3O2/c36-23(37)16-28-18-7-10-35(17-18)22-6-4-5-19(29-22)26(38)30-20-15-21-24(31-25(20)33-8-2-1-3-9-33)32-27(40-21)34-11-13-39-14-12-34;3-2(4,5)1(6)7/h4-6,15,18,28H,1-3,7-14,16-17H2,(H,30,38)(H,36,37);(H,6,7)/t18-;/m0./s1. The van der Waals surface area contributed by atoms with Crippen molar-refractivity contribution in [2.75, 3.05) is 79.0 Å². The second kappa shape index (κ2) is 15.1. The van der Waals surface area contributed by atoms with Gasteiger partial charge in [0.25, 0.3) is 5.91 Å². The zero-order valence-electron chi connectivity index (χ0n) is 25.3. The number of alkyl halides is 3. The van der Waals surface area contributed by atoms with Gasteiger partial charge in [0.2, 0.25) is 0 Å². The summed E-state index contributed by atoms with van der Waals surface area (Å²) in [6.45, 7) is 6.08. The normalized spacial score (nSPS) is 18.5. The number of carboxylic acids is 2. The number of carbonyl (C=O) groups excluding carboxylic acids is 1. The van der Waals surface area contributed by atoms with Gasteiger partial charge in [-0.05, 0) is 43.9 Å². The zero-order chi connectivity index (χ0) is 33.6. The van der Waals surface area contributed by atoms with Crippen molar-refractivity contribution in [1.82, 2.24) is 20.3 Å². The first kappa shape index (κ1) is 34.1. The molecule has 6 heterocycles. The Morgan fingerprint density at radius 1 is 0.957 bits per heavy atom. The van der Waals surface area contributed by atoms with E-state index in [-0.39, 0.29) is 18.5 Å². The van der Waals surface area contributed by atoms with Crippen LogP contribution in [0.4, 0.5) is 35.6 Å². The molecule has 1 atom stereocenters. The van der Waals surface area contributed by atoms with Crippen molar-refractivity contribution < 1.29 is 42.5 Å². The summed E-state index contributed by atoms with van der Waals surface area (Å²) < 4.78 is 38.2. The summed E-state index contributed by atoms with van der Waals surface area (Å²) in [4.78, 5) is 54.3. The van der Waals surface area contributed by atoms with Crippen LogP contribution in [0.3, 0.4) is 0 Å². The molecule has 0 spiro atoms. The summed E-state index contributed by atoms with van der Waals surface area (Å²) in [5.74, 6) is -2.47. The Kier molecular flexibility index (Phi) is 10.9. The number of thiazole rings is 1. The lowest BCUT2D eigenvalue weighted by atomic mass is 10.1. The highest BCUT2D eigenvalue weighted by Crippen LogP contribution is 2.35. The monoisotopic (exact) mass is 680 g/mol. The van der Waals surface area contributed by atoms with Crippen molar-refractivity contribution in [3.05, 3.63) is 30.0 Å². The molecule has 3 aromatic heterocycles. The van der Waals surface area contributed by atoms with Crippen LogP contribution in [0.25, 0.3) is 10.3 Å². The number of nitrogens with one attached hydrogen (secondary N) is 2. The molecule has 3 saturated heterocycles. The number of aromatic nitrogens is 3. The van der Waals surface area contributed by atoms with E-state index in [2.05, 4.69) is 30.3 Å². The average Bonchev–Trinajstić information content (AvgIpc) is 3.71. The van der Waals surface area contributed by atoms with Crippen LogP contribution in [0.2, 0.25) is 0 Å². The third-order valence-electron chi connectivity index (χ3n) is 7.80. The lowest BCUT2D eigenvalue weighted by molar-refractivity contribution is -0.192. The van der Waals surface area contributed by atoms with Gasteiger partial charge in [0.15, 0.2) is 16.6 Å². The second-order valence-electron chi connectivity index (χ2n) is 11.2. The van der Waals surface area contributed by atoms with Crippen molar-refractivity contribution in [2.24, 2.45) is 0 Å². The number of fused-ring (bicyclic) bond motifs is 1. The van der Waals surface area contributed by atoms with Gasteiger partial charge in [-0.1, -0.05) is 17.4 Å². The number of nitrogens with zero attached hydrogens (tertiary/aromatic N) is 6. The predicted molar refractivity (Wildman–Crippen MR) is 169 cm³/mol. The number of hydrogen-bond acceptors (Lipinski definition) is 12. The molecular weight excluding hydrogens is 645 g/mol. The molecule has 18 heteroatoms. The van der Waals surface area contributed by atoms with Crippen LogP contribution in [-0.2, 0) is 14.3 Å². The number of morpholine rings is 1. The number of ether oxygens (including phenoxy) is 1. The van der Waals surface area contributed by atoms with E-state index in [0.29, 0.717) is 42.6 Å². The molecule has 0 aliphatic carbocycles. The first-order chi connectivity index (χ1) is 22.5. The molecule has 0 saturated carbocycles. The van der Waals surface area contributed by atoms with Gasteiger partial charge >= 0.3 is 18.1 Å². The minimum atomic E-state index is -5.08. The fourth-order valence-electron chi connectivity index (χ4n) is 5.45. The summed E-state index contributed by atoms with van der Waals surface area (Å²) in [5, 5.41) is 23.2. The van der Waals surface area contributed by atoms with E-state index >= 15 is 0 Å². The predicted octanol–water partition coefficient (Wildman–Crippen LogP) is 3.05. The number of rotatable bonds is 8. The lowest BCUT2D eigenvalue weighted by Gasteiger charge is -2.29. The summed E-state index contributed by atoms with van der Waals surface area (Å²) in [6, 6.07) is 7.50. The molecule has 3 aromatic rings. The van der Waals surface area contributed by atoms with Crippen LogP contribution in [0.1, 0.15) is 36.2 Å². The highest BCUT2D eigenvalue weighted by Gasteiger charge is 2.38. The van der Waals surface area contributed by atoms with Crippen LogP contribution in [0.5, 0.6) is 0 Å². The van der Waals surface area contributed by atoms with Crippen LogP contribution >= 0.6 is 11.3 Å². The highest BCUT2D eigenvalue weighted by atomic mass is 32.1. The van der Waals surface area contributed by atoms with Gasteiger partial charge in [0.1, 0.15) is 11.5 Å². The Morgan fingerprint density at radius 2 is 1.68 bits per heavy atom. The van der Waals surface area contributed by atoms with Crippen LogP contribution in [-0.4, -0.2) is 114 Å². The maximum atomic E-state index is 13.5. The number of hydrogen-bond donors (Lipinski definition) is 4. The molecule has 0 bridgehead atoms. The lowest BCUT2D eigenvalue weighted by Crippen LogP contribution is -2.36. The smallest absolute Gasteiger partial charge is 0.480 e. The van der Waals surface area contributed by atoms with Crippen LogP contribution < -0.4 is 25.3 Å². The summed E-state index contributed by atoms with van der Waals surface area (Å²) >= 11 is 1.58. The number of anilines is 4. The van der Waals surface area contributed by atoms with Crippen molar-refractivity contribution >= 4 is 62.0 Å². The molecule has 3 fully saturated rings. The van der Waals surface area contributed by atoms with E-state index in [4.69, 9.17) is 29.7 Å². The third-order valence-corrected chi connectivity index (χ3v) is 8.85. The number of pyridine rings is 2. The van der Waals surface area contributed by atoms with Gasteiger partial charge < -0.3 is 40.3 Å². The molecule has 4 N–H and O–H groups in total. The van der Waals surface area contributed by atoms with E-state index in [1.165, 1.54) is 6.42 Å². The Labute approximate surface area is 271 Å². The number of carbonyl (C=O) groups is 3. The minimum Gasteiger partial charge on any atom is -0.480 e. The van der Waals surface area contributed by atoms with Crippen molar-refractivity contribution in [3.8, 4) is 0 Å². The molecule has 0 aromatic carbocycles. The first-order valence-electron chi connectivity index (χ1n) is 15.2. The first-order valence-corrected chi connectivity index (χ1v) is 16.0. The fraction of sp³-hybridized carbons (Fsp3) is 0.517. The van der Waals surface area contributed by atoms with Crippen LogP contribution in [0, 0.1) is 0 Å². The summed E-state index contributed by atoms with van der Waals surface area (Å²) in [7, 11) is 0. The quantitative estimate of drug-likeness (QED) is 0.274. The SMILES string of the molecule is O=C(O)C(F)(F)F.O=C(O)CN[C@H]1CCN(c2cccc(C(=O)Nc3cc4sc(N5CCOCC5)nc4nc3N3CCCCC3)n2)C1. The van der Waals surface area contributed by atoms with Gasteiger partial charge in [0.05, 0.1) is 30.1 Å². The topological polar surface area (TPSA) is 173 Å². The van der Waals surface area contributed by atoms with Gasteiger partial charge in [-0.3, -0.25) is 9.59 Å². The van der Waals surface area contributed by atoms with E-state index in [1.54, 1.807) is 17.4 Å². The third kappa shape index (κ3) is 8.95. The molecule has 47 heavy (non-hydrogen) atoms. The average molecular weight is 681 g/mol. The number of halogens is 3. The Balaban J connectivity index is 0.000000559. The Hall–Kier alpha value is -4.29. The van der Waals surface area contributed by atoms with Gasteiger partial charge in [0, 0.05) is 45.3 Å². The Bertz CT molecular complexity index is 1580. The van der Waals surface area contributed by atoms with E-state index in [1.807, 2.05) is 18.2 Å². The van der Waals surface area contributed by atoms with Crippen molar-refractivity contribution in [2.45, 2.75) is 37.9 Å². The molecule has 0 unspecified atom stereocenters. The zero-order valence-corrected chi connectivity index (χ0v) is 26.1. The highest BCUT2D eigenvalue weighted by molar-refractivity contribution is 7.22. The fourth-order valence-corrected chi connectivity index (χ4v) is 6.45. The summed E-state index contributed by atoms with van der Waals surface area (Å²) in [5.41, 5.74) is 1.69. The molecule has 1 amide bonds. The maximum Gasteiger partial charge on any atom is 0.490 e. The number of carboxylic acid groups (broad SMARTS) is 2. The van der Waals surface area contributed by atoms with Crippen molar-refractivity contribution in [3.63, 3.8) is 0 Å². The largest absolute Gasteiger partial charge is 0.490 e. The van der Waals surface area contributed by atoms with Crippen molar-refractivity contribution in [1.29, 1.82) is 0 Å². The molecule has 14 nitrogen and oxygen atoms in total. The molecule has 0 radical (unpaired) electrons. The van der Waals surface area contributed by atoms with E-state index in [9.17, 15) is 22.8 Å². The molecule has 3 aliphatic rings. The van der Waals surface area contributed by atoms with E-state index < -0.39 is 18.1 Å². The van der Waals surface area contributed by atoms with Gasteiger partial charge in [-0.15, -0.1) is 0 Å². The number of piperidine rings is 1. The van der Waals surface area contributed by atoms with Gasteiger partial charge in [-0.2, -0.15) is 18.2 Å². The molecule has 254 valence electrons. The Morgan fingerprint density at radius 3 is 2.36 bits per heavy atom. The number of aliphatic carboxylic acids is 2.